The fourth-order valence-electron chi connectivity index (χ4n) is 2.13. The highest BCUT2D eigenvalue weighted by atomic mass is 19.4. The Morgan fingerprint density at radius 2 is 1.82 bits per heavy atom. The Bertz CT molecular complexity index is 483. The van der Waals surface area contributed by atoms with Gasteiger partial charge in [-0.05, 0) is 31.2 Å². The van der Waals surface area contributed by atoms with Crippen molar-refractivity contribution in [2.45, 2.75) is 20.0 Å². The minimum Gasteiger partial charge on any atom is -0.399 e. The highest BCUT2D eigenvalue weighted by Gasteiger charge is 2.32. The molecule has 0 atom stereocenters. The summed E-state index contributed by atoms with van der Waals surface area (Å²) in [4.78, 5) is 14.4. The lowest BCUT2D eigenvalue weighted by Gasteiger charge is -2.31. The van der Waals surface area contributed by atoms with Crippen molar-refractivity contribution in [3.05, 3.63) is 29.3 Å². The number of hydrogen-bond donors (Lipinski definition) is 1. The third-order valence-electron chi connectivity index (χ3n) is 3.57. The zero-order chi connectivity index (χ0) is 16.8. The summed E-state index contributed by atoms with van der Waals surface area (Å²) in [7, 11) is 0. The molecule has 124 valence electrons. The Labute approximate surface area is 128 Å². The molecule has 1 saturated heterocycles. The monoisotopic (exact) mass is 317 g/mol. The quantitative estimate of drug-likeness (QED) is 0.673. The molecule has 2 N–H and O–H groups in total. The van der Waals surface area contributed by atoms with Gasteiger partial charge in [0.2, 0.25) is 6.41 Å². The Hall–Kier alpha value is -1.76. The smallest absolute Gasteiger partial charge is 0.399 e. The number of carbonyl (C=O) groups is 1. The lowest BCUT2D eigenvalue weighted by molar-refractivity contribution is -0.138. The molecule has 0 aliphatic carbocycles. The molecule has 1 aromatic rings. The van der Waals surface area contributed by atoms with E-state index in [0.29, 0.717) is 0 Å². The van der Waals surface area contributed by atoms with E-state index in [1.165, 1.54) is 19.1 Å². The molecule has 0 unspecified atom stereocenters. The number of hydrogen-bond acceptors (Lipinski definition) is 3. The summed E-state index contributed by atoms with van der Waals surface area (Å²) < 4.78 is 36.5. The molecule has 2 rings (SSSR count). The molecule has 0 spiro atoms. The van der Waals surface area contributed by atoms with Gasteiger partial charge in [0.05, 0.1) is 5.56 Å². The molecule has 1 heterocycles. The molecule has 4 nitrogen and oxygen atoms in total. The van der Waals surface area contributed by atoms with Crippen molar-refractivity contribution in [1.29, 1.82) is 0 Å². The van der Waals surface area contributed by atoms with Gasteiger partial charge in [-0.3, -0.25) is 4.79 Å². The Balaban J connectivity index is 0.000000224. The molecule has 1 aromatic carbocycles. The summed E-state index contributed by atoms with van der Waals surface area (Å²) in [5.74, 6) is 0. The number of halogens is 3. The Morgan fingerprint density at radius 1 is 1.23 bits per heavy atom. The number of piperazine rings is 1. The highest BCUT2D eigenvalue weighted by molar-refractivity contribution is 5.47. The number of anilines is 1. The van der Waals surface area contributed by atoms with Crippen molar-refractivity contribution >= 4 is 12.1 Å². The number of nitrogens with two attached hydrogens (primary N) is 1. The van der Waals surface area contributed by atoms with Gasteiger partial charge in [-0.2, -0.15) is 13.2 Å². The first kappa shape index (κ1) is 18.3. The maximum absolute atomic E-state index is 12.2. The molecular weight excluding hydrogens is 295 g/mol. The second kappa shape index (κ2) is 8.03. The fraction of sp³-hybridized carbons (Fsp3) is 0.533. The van der Waals surface area contributed by atoms with E-state index in [1.807, 2.05) is 4.90 Å². The van der Waals surface area contributed by atoms with Gasteiger partial charge in [0.25, 0.3) is 0 Å². The van der Waals surface area contributed by atoms with Crippen LogP contribution in [0.25, 0.3) is 0 Å². The number of nitrogens with zero attached hydrogens (tertiary/aromatic N) is 2. The summed E-state index contributed by atoms with van der Waals surface area (Å²) in [5, 5.41) is 0. The number of rotatable bonds is 2. The summed E-state index contributed by atoms with van der Waals surface area (Å²) in [6.07, 6.45) is -3.37. The number of nitrogen functional groups attached to an aromatic ring is 1. The molecule has 7 heteroatoms. The van der Waals surface area contributed by atoms with Crippen molar-refractivity contribution in [2.24, 2.45) is 0 Å². The number of amides is 1. The molecular formula is C15H22F3N3O. The average Bonchev–Trinajstić information content (AvgIpc) is 2.49. The molecule has 1 fully saturated rings. The zero-order valence-corrected chi connectivity index (χ0v) is 12.9. The number of alkyl halides is 3. The SMILES string of the molecule is CCN1CCN(C=O)CC1.Cc1ccc(N)cc1C(F)(F)F. The lowest BCUT2D eigenvalue weighted by Crippen LogP contribution is -2.45. The Morgan fingerprint density at radius 3 is 2.23 bits per heavy atom. The minimum atomic E-state index is -4.31. The van der Waals surface area contributed by atoms with Crippen molar-refractivity contribution in [3.8, 4) is 0 Å². The van der Waals surface area contributed by atoms with Gasteiger partial charge < -0.3 is 15.5 Å². The summed E-state index contributed by atoms with van der Waals surface area (Å²) in [6, 6.07) is 3.75. The van der Waals surface area contributed by atoms with Crippen molar-refractivity contribution < 1.29 is 18.0 Å². The zero-order valence-electron chi connectivity index (χ0n) is 12.9. The van der Waals surface area contributed by atoms with Crippen LogP contribution >= 0.6 is 0 Å². The first-order chi connectivity index (χ1) is 10.3. The number of benzene rings is 1. The molecule has 1 aliphatic heterocycles. The minimum absolute atomic E-state index is 0.132. The van der Waals surface area contributed by atoms with Crippen LogP contribution in [0.2, 0.25) is 0 Å². The van der Waals surface area contributed by atoms with Crippen molar-refractivity contribution in [2.75, 3.05) is 38.5 Å². The number of carbonyl (C=O) groups excluding carboxylic acids is 1. The molecule has 1 aliphatic rings. The van der Waals surface area contributed by atoms with Gasteiger partial charge in [0, 0.05) is 31.9 Å². The summed E-state index contributed by atoms with van der Waals surface area (Å²) in [5.41, 5.74) is 4.88. The van der Waals surface area contributed by atoms with Crippen LogP contribution in [0.1, 0.15) is 18.1 Å². The van der Waals surface area contributed by atoms with E-state index in [1.54, 1.807) is 0 Å². The van der Waals surface area contributed by atoms with Crippen molar-refractivity contribution in [3.63, 3.8) is 0 Å². The third-order valence-corrected chi connectivity index (χ3v) is 3.57. The van der Waals surface area contributed by atoms with Gasteiger partial charge in [-0.25, -0.2) is 0 Å². The van der Waals surface area contributed by atoms with Gasteiger partial charge in [0.15, 0.2) is 0 Å². The first-order valence-electron chi connectivity index (χ1n) is 7.13. The van der Waals surface area contributed by atoms with E-state index < -0.39 is 11.7 Å². The first-order valence-corrected chi connectivity index (χ1v) is 7.13. The van der Waals surface area contributed by atoms with Gasteiger partial charge in [0.1, 0.15) is 0 Å². The fourth-order valence-corrected chi connectivity index (χ4v) is 2.13. The highest BCUT2D eigenvalue weighted by Crippen LogP contribution is 2.32. The number of likely N-dealkylation sites (N-methyl/N-ethyl adjacent to an activating group) is 1. The van der Waals surface area contributed by atoms with Crippen LogP contribution < -0.4 is 5.73 Å². The molecule has 0 radical (unpaired) electrons. The largest absolute Gasteiger partial charge is 0.416 e. The topological polar surface area (TPSA) is 49.6 Å². The van der Waals surface area contributed by atoms with Crippen LogP contribution in [-0.2, 0) is 11.0 Å². The third kappa shape index (κ3) is 5.55. The molecule has 22 heavy (non-hydrogen) atoms. The van der Waals surface area contributed by atoms with E-state index >= 15 is 0 Å². The van der Waals surface area contributed by atoms with Crippen LogP contribution in [-0.4, -0.2) is 48.9 Å². The maximum atomic E-state index is 12.2. The van der Waals surface area contributed by atoms with Crippen LogP contribution in [0.15, 0.2) is 18.2 Å². The Kier molecular flexibility index (Phi) is 6.67. The van der Waals surface area contributed by atoms with Gasteiger partial charge in [-0.15, -0.1) is 0 Å². The second-order valence-corrected chi connectivity index (χ2v) is 5.15. The predicted molar refractivity (Wildman–Crippen MR) is 80.3 cm³/mol. The van der Waals surface area contributed by atoms with Crippen LogP contribution in [0.4, 0.5) is 18.9 Å². The van der Waals surface area contributed by atoms with E-state index in [2.05, 4.69) is 11.8 Å². The predicted octanol–water partition coefficient (Wildman–Crippen LogP) is 2.38. The van der Waals surface area contributed by atoms with E-state index in [-0.39, 0.29) is 11.3 Å². The van der Waals surface area contributed by atoms with Crippen molar-refractivity contribution in [1.82, 2.24) is 9.80 Å². The summed E-state index contributed by atoms with van der Waals surface area (Å²) in [6.45, 7) is 8.53. The maximum Gasteiger partial charge on any atom is 0.416 e. The van der Waals surface area contributed by atoms with Crippen LogP contribution in [0.5, 0.6) is 0 Å². The summed E-state index contributed by atoms with van der Waals surface area (Å²) >= 11 is 0. The van der Waals surface area contributed by atoms with E-state index in [9.17, 15) is 18.0 Å². The number of aryl methyl sites for hydroxylation is 1. The second-order valence-electron chi connectivity index (χ2n) is 5.15. The van der Waals surface area contributed by atoms with Gasteiger partial charge in [-0.1, -0.05) is 13.0 Å². The normalized spacial score (nSPS) is 16.0. The molecule has 0 bridgehead atoms. The van der Waals surface area contributed by atoms with Gasteiger partial charge >= 0.3 is 6.18 Å². The van der Waals surface area contributed by atoms with Crippen LogP contribution in [0.3, 0.4) is 0 Å². The van der Waals surface area contributed by atoms with E-state index in [0.717, 1.165) is 45.2 Å². The average molecular weight is 317 g/mol. The molecule has 1 amide bonds. The van der Waals surface area contributed by atoms with Crippen LogP contribution in [0, 0.1) is 6.92 Å². The van der Waals surface area contributed by atoms with E-state index in [4.69, 9.17) is 5.73 Å². The standard InChI is InChI=1S/C8H8F3N.C7H14N2O/c1-5-2-3-6(12)4-7(5)8(9,10)11;1-2-8-3-5-9(7-10)6-4-8/h2-4H,12H2,1H3;7H,2-6H2,1H3. The molecule has 0 saturated carbocycles. The molecule has 0 aromatic heterocycles. The lowest BCUT2D eigenvalue weighted by atomic mass is 10.1.